The van der Waals surface area contributed by atoms with Crippen molar-refractivity contribution >= 4 is 22.5 Å². The summed E-state index contributed by atoms with van der Waals surface area (Å²) in [5, 5.41) is 4.79. The molecule has 0 amide bonds. The monoisotopic (exact) mass is 349 g/mol. The molecule has 1 aliphatic rings. The highest BCUT2D eigenvalue weighted by Gasteiger charge is 2.18. The van der Waals surface area contributed by atoms with Crippen molar-refractivity contribution in [2.24, 2.45) is 5.92 Å². The number of para-hydroxylation sites is 1. The van der Waals surface area contributed by atoms with Gasteiger partial charge in [0.05, 0.1) is 0 Å². The van der Waals surface area contributed by atoms with Gasteiger partial charge in [-0.2, -0.15) is 0 Å². The van der Waals surface area contributed by atoms with Gasteiger partial charge in [0.25, 0.3) is 0 Å². The Morgan fingerprint density at radius 1 is 1.19 bits per heavy atom. The van der Waals surface area contributed by atoms with Crippen LogP contribution in [-0.4, -0.2) is 34.6 Å². The van der Waals surface area contributed by atoms with Gasteiger partial charge in [0, 0.05) is 42.8 Å². The molecule has 1 saturated heterocycles. The van der Waals surface area contributed by atoms with Crippen molar-refractivity contribution in [2.75, 3.05) is 29.9 Å². The minimum atomic E-state index is 0.822. The number of nitrogens with zero attached hydrogens (tertiary/aromatic N) is 3. The third kappa shape index (κ3) is 3.66. The quantitative estimate of drug-likeness (QED) is 0.726. The van der Waals surface area contributed by atoms with Crippen LogP contribution in [0.2, 0.25) is 0 Å². The van der Waals surface area contributed by atoms with E-state index in [1.165, 1.54) is 29.3 Å². The number of aromatic amines is 1. The zero-order chi connectivity index (χ0) is 17.9. The van der Waals surface area contributed by atoms with Crippen LogP contribution < -0.4 is 10.2 Å². The van der Waals surface area contributed by atoms with E-state index < -0.39 is 0 Å². The van der Waals surface area contributed by atoms with Crippen molar-refractivity contribution in [1.82, 2.24) is 15.0 Å². The standard InChI is InChI=1S/C21H27N5/c1-15-8-11-26(12-9-15)21-13-20(24-16(2)25-21)22-10-7-17-14-23-19-6-4-3-5-18(17)19/h3-6,13-15,23H,7-12H2,1-2H3,(H,22,24,25). The molecule has 0 bridgehead atoms. The van der Waals surface area contributed by atoms with Gasteiger partial charge in [0.15, 0.2) is 0 Å². The molecule has 1 aliphatic heterocycles. The van der Waals surface area contributed by atoms with E-state index in [1.807, 2.05) is 6.92 Å². The summed E-state index contributed by atoms with van der Waals surface area (Å²) in [4.78, 5) is 14.9. The SMILES string of the molecule is Cc1nc(NCCc2c[nH]c3ccccc23)cc(N2CCC(C)CC2)n1. The molecule has 2 aromatic heterocycles. The molecule has 0 unspecified atom stereocenters. The van der Waals surface area contributed by atoms with Crippen LogP contribution in [0.15, 0.2) is 36.5 Å². The van der Waals surface area contributed by atoms with Gasteiger partial charge in [-0.1, -0.05) is 25.1 Å². The molecule has 0 aliphatic carbocycles. The Morgan fingerprint density at radius 3 is 2.85 bits per heavy atom. The Hall–Kier alpha value is -2.56. The highest BCUT2D eigenvalue weighted by atomic mass is 15.2. The molecule has 1 fully saturated rings. The number of aryl methyl sites for hydroxylation is 1. The first-order valence-corrected chi connectivity index (χ1v) is 9.58. The third-order valence-corrected chi connectivity index (χ3v) is 5.31. The van der Waals surface area contributed by atoms with Crippen molar-refractivity contribution in [2.45, 2.75) is 33.1 Å². The minimum Gasteiger partial charge on any atom is -0.370 e. The molecule has 1 aromatic carbocycles. The summed E-state index contributed by atoms with van der Waals surface area (Å²) in [5.41, 5.74) is 2.53. The number of rotatable bonds is 5. The number of fused-ring (bicyclic) bond motifs is 1. The van der Waals surface area contributed by atoms with Crippen LogP contribution >= 0.6 is 0 Å². The van der Waals surface area contributed by atoms with Crippen LogP contribution in [-0.2, 0) is 6.42 Å². The van der Waals surface area contributed by atoms with Crippen LogP contribution in [0, 0.1) is 12.8 Å². The van der Waals surface area contributed by atoms with Crippen molar-refractivity contribution in [3.8, 4) is 0 Å². The summed E-state index contributed by atoms with van der Waals surface area (Å²) in [6, 6.07) is 10.5. The molecular weight excluding hydrogens is 322 g/mol. The molecule has 0 atom stereocenters. The lowest BCUT2D eigenvalue weighted by Crippen LogP contribution is -2.33. The third-order valence-electron chi connectivity index (χ3n) is 5.31. The fourth-order valence-corrected chi connectivity index (χ4v) is 3.71. The summed E-state index contributed by atoms with van der Waals surface area (Å²) >= 11 is 0. The summed E-state index contributed by atoms with van der Waals surface area (Å²) < 4.78 is 0. The lowest BCUT2D eigenvalue weighted by Gasteiger charge is -2.31. The summed E-state index contributed by atoms with van der Waals surface area (Å²) in [7, 11) is 0. The second-order valence-corrected chi connectivity index (χ2v) is 7.36. The van der Waals surface area contributed by atoms with Gasteiger partial charge in [-0.25, -0.2) is 9.97 Å². The number of nitrogens with one attached hydrogen (secondary N) is 2. The maximum atomic E-state index is 4.65. The van der Waals surface area contributed by atoms with Crippen molar-refractivity contribution in [3.05, 3.63) is 47.9 Å². The van der Waals surface area contributed by atoms with Gasteiger partial charge < -0.3 is 15.2 Å². The van der Waals surface area contributed by atoms with Gasteiger partial charge in [0.2, 0.25) is 0 Å². The van der Waals surface area contributed by atoms with Crippen LogP contribution in [0.1, 0.15) is 31.2 Å². The molecule has 0 spiro atoms. The van der Waals surface area contributed by atoms with E-state index in [9.17, 15) is 0 Å². The fraction of sp³-hybridized carbons (Fsp3) is 0.429. The molecule has 136 valence electrons. The molecule has 5 nitrogen and oxygen atoms in total. The first kappa shape index (κ1) is 16.9. The number of hydrogen-bond acceptors (Lipinski definition) is 4. The Bertz CT molecular complexity index is 877. The van der Waals surface area contributed by atoms with Crippen molar-refractivity contribution in [3.63, 3.8) is 0 Å². The van der Waals surface area contributed by atoms with Crippen molar-refractivity contribution < 1.29 is 0 Å². The van der Waals surface area contributed by atoms with Gasteiger partial charge in [-0.3, -0.25) is 0 Å². The normalized spacial score (nSPS) is 15.5. The van der Waals surface area contributed by atoms with Crippen LogP contribution in [0.25, 0.3) is 10.9 Å². The van der Waals surface area contributed by atoms with Gasteiger partial charge >= 0.3 is 0 Å². The van der Waals surface area contributed by atoms with Crippen molar-refractivity contribution in [1.29, 1.82) is 0 Å². The first-order valence-electron chi connectivity index (χ1n) is 9.58. The second kappa shape index (κ2) is 7.36. The number of benzene rings is 1. The first-order chi connectivity index (χ1) is 12.7. The van der Waals surface area contributed by atoms with E-state index in [2.05, 4.69) is 68.6 Å². The van der Waals surface area contributed by atoms with Crippen LogP contribution in [0.5, 0.6) is 0 Å². The molecule has 3 aromatic rings. The number of H-pyrrole nitrogens is 1. The molecule has 5 heteroatoms. The van der Waals surface area contributed by atoms with E-state index in [0.717, 1.165) is 49.4 Å². The van der Waals surface area contributed by atoms with Crippen LogP contribution in [0.3, 0.4) is 0 Å². The molecular formula is C21H27N5. The Balaban J connectivity index is 1.41. The molecule has 3 heterocycles. The number of hydrogen-bond donors (Lipinski definition) is 2. The van der Waals surface area contributed by atoms with E-state index in [4.69, 9.17) is 0 Å². The number of piperidine rings is 1. The number of aromatic nitrogens is 3. The lowest BCUT2D eigenvalue weighted by molar-refractivity contribution is 0.436. The Labute approximate surface area is 154 Å². The fourth-order valence-electron chi connectivity index (χ4n) is 3.71. The zero-order valence-corrected chi connectivity index (χ0v) is 15.6. The highest BCUT2D eigenvalue weighted by molar-refractivity contribution is 5.83. The molecule has 0 radical (unpaired) electrons. The smallest absolute Gasteiger partial charge is 0.134 e. The maximum Gasteiger partial charge on any atom is 0.134 e. The maximum absolute atomic E-state index is 4.65. The zero-order valence-electron chi connectivity index (χ0n) is 15.6. The lowest BCUT2D eigenvalue weighted by atomic mass is 9.99. The summed E-state index contributed by atoms with van der Waals surface area (Å²) in [5.74, 6) is 3.63. The molecule has 0 saturated carbocycles. The Kier molecular flexibility index (Phi) is 4.78. The van der Waals surface area contributed by atoms with Gasteiger partial charge in [0.1, 0.15) is 17.5 Å². The molecule has 26 heavy (non-hydrogen) atoms. The largest absolute Gasteiger partial charge is 0.370 e. The highest BCUT2D eigenvalue weighted by Crippen LogP contribution is 2.23. The number of anilines is 2. The minimum absolute atomic E-state index is 0.822. The second-order valence-electron chi connectivity index (χ2n) is 7.36. The molecule has 2 N–H and O–H groups in total. The summed E-state index contributed by atoms with van der Waals surface area (Å²) in [6.45, 7) is 7.34. The van der Waals surface area contributed by atoms with Gasteiger partial charge in [-0.05, 0) is 43.7 Å². The predicted molar refractivity (Wildman–Crippen MR) is 108 cm³/mol. The Morgan fingerprint density at radius 2 is 2.00 bits per heavy atom. The topological polar surface area (TPSA) is 56.8 Å². The van der Waals surface area contributed by atoms with E-state index in [-0.39, 0.29) is 0 Å². The van der Waals surface area contributed by atoms with Gasteiger partial charge in [-0.15, -0.1) is 0 Å². The van der Waals surface area contributed by atoms with E-state index in [0.29, 0.717) is 0 Å². The van der Waals surface area contributed by atoms with E-state index >= 15 is 0 Å². The van der Waals surface area contributed by atoms with E-state index in [1.54, 1.807) is 0 Å². The summed E-state index contributed by atoms with van der Waals surface area (Å²) in [6.07, 6.45) is 5.56. The molecule has 4 rings (SSSR count). The average Bonchev–Trinajstić information content (AvgIpc) is 3.05. The predicted octanol–water partition coefficient (Wildman–Crippen LogP) is 4.16. The van der Waals surface area contributed by atoms with Crippen LogP contribution in [0.4, 0.5) is 11.6 Å². The average molecular weight is 349 g/mol.